The van der Waals surface area contributed by atoms with E-state index in [0.29, 0.717) is 18.0 Å². The lowest BCUT2D eigenvalue weighted by Crippen LogP contribution is -2.09. The van der Waals surface area contributed by atoms with E-state index < -0.39 is 10.8 Å². The Balaban J connectivity index is 2.51. The van der Waals surface area contributed by atoms with Crippen molar-refractivity contribution in [2.24, 2.45) is 0 Å². The maximum atomic E-state index is 10.8. The second-order valence-electron chi connectivity index (χ2n) is 2.75. The van der Waals surface area contributed by atoms with Crippen molar-refractivity contribution in [2.75, 3.05) is 23.9 Å². The average molecular weight is 209 g/mol. The van der Waals surface area contributed by atoms with Crippen molar-refractivity contribution in [1.82, 2.24) is 4.98 Å². The fourth-order valence-corrected chi connectivity index (χ4v) is 1.33. The molecule has 1 rings (SSSR count). The van der Waals surface area contributed by atoms with E-state index in [1.165, 1.54) is 0 Å². The standard InChI is InChI=1S/C9H11N3OS/c1-14(13)5-4-12-8-2-3-11-9(6-8)7-10/h2-3,6H,4-5H2,1H3,(H,11,12). The largest absolute Gasteiger partial charge is 0.384 e. The van der Waals surface area contributed by atoms with Gasteiger partial charge in [0.15, 0.2) is 0 Å². The van der Waals surface area contributed by atoms with Gasteiger partial charge in [0.2, 0.25) is 0 Å². The molecule has 1 aromatic heterocycles. The van der Waals surface area contributed by atoms with E-state index in [0.717, 1.165) is 5.69 Å². The molecular weight excluding hydrogens is 198 g/mol. The highest BCUT2D eigenvalue weighted by Crippen LogP contribution is 2.06. The number of hydrogen-bond acceptors (Lipinski definition) is 4. The number of rotatable bonds is 4. The number of nitrogens with one attached hydrogen (secondary N) is 1. The van der Waals surface area contributed by atoms with Crippen LogP contribution in [0.4, 0.5) is 5.69 Å². The van der Waals surface area contributed by atoms with Gasteiger partial charge >= 0.3 is 0 Å². The van der Waals surface area contributed by atoms with Crippen molar-refractivity contribution in [2.45, 2.75) is 0 Å². The minimum atomic E-state index is -0.789. The molecule has 0 fully saturated rings. The molecule has 1 heterocycles. The van der Waals surface area contributed by atoms with E-state index in [4.69, 9.17) is 5.26 Å². The summed E-state index contributed by atoms with van der Waals surface area (Å²) >= 11 is 0. The molecule has 0 bridgehead atoms. The molecule has 14 heavy (non-hydrogen) atoms. The fraction of sp³-hybridized carbons (Fsp3) is 0.333. The quantitative estimate of drug-likeness (QED) is 0.794. The predicted molar refractivity (Wildman–Crippen MR) is 56.4 cm³/mol. The van der Waals surface area contributed by atoms with Gasteiger partial charge < -0.3 is 5.32 Å². The molecule has 1 N–H and O–H groups in total. The summed E-state index contributed by atoms with van der Waals surface area (Å²) in [4.78, 5) is 3.84. The molecule has 0 saturated carbocycles. The summed E-state index contributed by atoms with van der Waals surface area (Å²) in [6.45, 7) is 0.637. The SMILES string of the molecule is CS(=O)CCNc1ccnc(C#N)c1. The molecule has 1 aromatic rings. The van der Waals surface area contributed by atoms with Gasteiger partial charge in [-0.2, -0.15) is 5.26 Å². The molecule has 0 spiro atoms. The Morgan fingerprint density at radius 2 is 2.50 bits per heavy atom. The van der Waals surface area contributed by atoms with Gasteiger partial charge in [0.1, 0.15) is 11.8 Å². The lowest BCUT2D eigenvalue weighted by molar-refractivity contribution is 0.687. The highest BCUT2D eigenvalue weighted by molar-refractivity contribution is 7.84. The van der Waals surface area contributed by atoms with Crippen molar-refractivity contribution in [1.29, 1.82) is 5.26 Å². The molecule has 4 nitrogen and oxygen atoms in total. The number of hydrogen-bond donors (Lipinski definition) is 1. The zero-order chi connectivity index (χ0) is 10.4. The molecule has 0 radical (unpaired) electrons. The van der Waals surface area contributed by atoms with Gasteiger partial charge in [0.25, 0.3) is 0 Å². The topological polar surface area (TPSA) is 65.8 Å². The summed E-state index contributed by atoms with van der Waals surface area (Å²) < 4.78 is 10.8. The Morgan fingerprint density at radius 3 is 3.14 bits per heavy atom. The number of aromatic nitrogens is 1. The molecule has 0 amide bonds. The summed E-state index contributed by atoms with van der Waals surface area (Å²) in [5, 5.41) is 11.7. The Labute approximate surface area is 85.4 Å². The first-order chi connectivity index (χ1) is 6.72. The van der Waals surface area contributed by atoms with Gasteiger partial charge in [-0.1, -0.05) is 0 Å². The Kier molecular flexibility index (Phi) is 4.08. The van der Waals surface area contributed by atoms with Gasteiger partial charge in [0.05, 0.1) is 0 Å². The monoisotopic (exact) mass is 209 g/mol. The summed E-state index contributed by atoms with van der Waals surface area (Å²) in [6, 6.07) is 5.40. The average Bonchev–Trinajstić information content (AvgIpc) is 2.18. The Morgan fingerprint density at radius 1 is 1.71 bits per heavy atom. The van der Waals surface area contributed by atoms with Crippen molar-refractivity contribution in [3.05, 3.63) is 24.0 Å². The zero-order valence-corrected chi connectivity index (χ0v) is 8.67. The molecule has 0 aliphatic heterocycles. The van der Waals surface area contributed by atoms with Crippen LogP contribution in [0, 0.1) is 11.3 Å². The van der Waals surface area contributed by atoms with E-state index in [2.05, 4.69) is 10.3 Å². The van der Waals surface area contributed by atoms with Crippen LogP contribution in [0.5, 0.6) is 0 Å². The smallest absolute Gasteiger partial charge is 0.142 e. The van der Waals surface area contributed by atoms with Crippen molar-refractivity contribution >= 4 is 16.5 Å². The van der Waals surface area contributed by atoms with Crippen LogP contribution in [-0.4, -0.2) is 27.7 Å². The van der Waals surface area contributed by atoms with Gasteiger partial charge in [-0.25, -0.2) is 4.98 Å². The fourth-order valence-electron chi connectivity index (χ4n) is 0.941. The number of nitriles is 1. The van der Waals surface area contributed by atoms with Crippen LogP contribution in [0.2, 0.25) is 0 Å². The second kappa shape index (κ2) is 5.35. The van der Waals surface area contributed by atoms with Gasteiger partial charge in [-0.05, 0) is 12.1 Å². The lowest BCUT2D eigenvalue weighted by Gasteiger charge is -2.04. The second-order valence-corrected chi connectivity index (χ2v) is 4.30. The molecule has 0 aliphatic rings. The maximum Gasteiger partial charge on any atom is 0.142 e. The zero-order valence-electron chi connectivity index (χ0n) is 7.86. The first-order valence-electron chi connectivity index (χ1n) is 4.12. The van der Waals surface area contributed by atoms with Crippen LogP contribution >= 0.6 is 0 Å². The summed E-state index contributed by atoms with van der Waals surface area (Å²) in [5.41, 5.74) is 1.22. The molecule has 1 atom stereocenters. The van der Waals surface area contributed by atoms with Crippen LogP contribution in [0.1, 0.15) is 5.69 Å². The minimum absolute atomic E-state index is 0.382. The van der Waals surface area contributed by atoms with Crippen LogP contribution in [0.3, 0.4) is 0 Å². The highest BCUT2D eigenvalue weighted by Gasteiger charge is 1.95. The van der Waals surface area contributed by atoms with Gasteiger partial charge in [-0.3, -0.25) is 4.21 Å². The molecule has 0 aromatic carbocycles. The van der Waals surface area contributed by atoms with E-state index in [-0.39, 0.29) is 0 Å². The van der Waals surface area contributed by atoms with Gasteiger partial charge in [-0.15, -0.1) is 0 Å². The summed E-state index contributed by atoms with van der Waals surface area (Å²) in [5.74, 6) is 0.601. The van der Waals surface area contributed by atoms with Crippen molar-refractivity contribution in [3.8, 4) is 6.07 Å². The lowest BCUT2D eigenvalue weighted by atomic mass is 10.3. The third kappa shape index (κ3) is 3.54. The molecule has 74 valence electrons. The number of nitrogens with zero attached hydrogens (tertiary/aromatic N) is 2. The third-order valence-corrected chi connectivity index (χ3v) is 2.37. The Hall–Kier alpha value is -1.41. The van der Waals surface area contributed by atoms with E-state index in [1.807, 2.05) is 6.07 Å². The third-order valence-electron chi connectivity index (χ3n) is 1.59. The first kappa shape index (κ1) is 10.7. The minimum Gasteiger partial charge on any atom is -0.384 e. The molecule has 0 aliphatic carbocycles. The number of pyridine rings is 1. The normalized spacial score (nSPS) is 11.7. The number of anilines is 1. The van der Waals surface area contributed by atoms with Crippen molar-refractivity contribution in [3.63, 3.8) is 0 Å². The van der Waals surface area contributed by atoms with Gasteiger partial charge in [0, 0.05) is 41.2 Å². The first-order valence-corrected chi connectivity index (χ1v) is 5.85. The van der Waals surface area contributed by atoms with Crippen LogP contribution in [0.15, 0.2) is 18.3 Å². The van der Waals surface area contributed by atoms with Crippen LogP contribution < -0.4 is 5.32 Å². The molecule has 5 heteroatoms. The predicted octanol–water partition coefficient (Wildman–Crippen LogP) is 0.744. The van der Waals surface area contributed by atoms with E-state index in [9.17, 15) is 4.21 Å². The Bertz CT molecular complexity index is 373. The maximum absolute atomic E-state index is 10.8. The summed E-state index contributed by atoms with van der Waals surface area (Å²) in [7, 11) is -0.789. The van der Waals surface area contributed by atoms with Crippen LogP contribution in [0.25, 0.3) is 0 Å². The van der Waals surface area contributed by atoms with E-state index in [1.54, 1.807) is 24.6 Å². The molecular formula is C9H11N3OS. The highest BCUT2D eigenvalue weighted by atomic mass is 32.2. The molecule has 1 unspecified atom stereocenters. The van der Waals surface area contributed by atoms with Crippen LogP contribution in [-0.2, 0) is 10.8 Å². The summed E-state index contributed by atoms with van der Waals surface area (Å²) in [6.07, 6.45) is 3.23. The van der Waals surface area contributed by atoms with Crippen molar-refractivity contribution < 1.29 is 4.21 Å². The van der Waals surface area contributed by atoms with E-state index >= 15 is 0 Å². The molecule has 0 saturated heterocycles.